The Labute approximate surface area is 209 Å². The minimum absolute atomic E-state index is 0.0225. The monoisotopic (exact) mass is 462 g/mol. The zero-order valence-corrected chi connectivity index (χ0v) is 19.0. The molecule has 0 fully saturated rings. The Morgan fingerprint density at radius 2 is 1.83 bits per heavy atom. The Kier molecular flexibility index (Phi) is 3.60. The SMILES string of the molecule is [2H]c1c(F)c(C([2H])([2H])[2H])c([2H])[n+](C)c1-c1c(C)ccc2c1oc1c(-c3ccc4ccccc4c3)ccc([N+]#[C-])c12. The second-order valence-electron chi connectivity index (χ2n) is 8.58. The Bertz CT molecular complexity index is 2040. The first kappa shape index (κ1) is 16.2. The molecule has 0 bridgehead atoms. The standard InChI is InChI=1S/C31H22FN2O/c1-18-9-12-24-29-26(33-3)14-13-23(22-11-10-20-7-5-6-8-21(20)15-22)30(29)35-31(24)28(18)27-16-25(32)19(2)17-34(27)4/h5-17H,1-2,4H3/q+1/i2D3,16D,17D. The van der Waals surface area contributed by atoms with E-state index in [1.807, 2.05) is 48.5 Å². The van der Waals surface area contributed by atoms with Crippen LogP contribution in [0.15, 0.2) is 83.4 Å². The van der Waals surface area contributed by atoms with Crippen molar-refractivity contribution in [1.29, 1.82) is 0 Å². The highest BCUT2D eigenvalue weighted by molar-refractivity contribution is 6.18. The number of halogens is 1. The quantitative estimate of drug-likeness (QED) is 0.188. The van der Waals surface area contributed by atoms with Gasteiger partial charge in [-0.15, -0.1) is 0 Å². The Morgan fingerprint density at radius 1 is 1.00 bits per heavy atom. The number of hydrogen-bond donors (Lipinski definition) is 0. The predicted octanol–water partition coefficient (Wildman–Crippen LogP) is 8.20. The van der Waals surface area contributed by atoms with E-state index >= 15 is 4.39 Å². The van der Waals surface area contributed by atoms with Crippen LogP contribution >= 0.6 is 0 Å². The molecule has 0 saturated heterocycles. The molecule has 0 aliphatic carbocycles. The highest BCUT2D eigenvalue weighted by Crippen LogP contribution is 2.44. The van der Waals surface area contributed by atoms with Crippen LogP contribution in [0.5, 0.6) is 0 Å². The van der Waals surface area contributed by atoms with Crippen molar-refractivity contribution >= 4 is 38.4 Å². The summed E-state index contributed by atoms with van der Waals surface area (Å²) in [5, 5.41) is 3.34. The third kappa shape index (κ3) is 3.20. The number of furan rings is 1. The third-order valence-corrected chi connectivity index (χ3v) is 6.46. The minimum Gasteiger partial charge on any atom is -0.456 e. The van der Waals surface area contributed by atoms with Gasteiger partial charge in [-0.3, -0.25) is 0 Å². The molecule has 4 heteroatoms. The van der Waals surface area contributed by atoms with E-state index in [1.165, 1.54) is 11.6 Å². The van der Waals surface area contributed by atoms with Crippen LogP contribution in [0.3, 0.4) is 0 Å². The van der Waals surface area contributed by atoms with Crippen LogP contribution in [0.25, 0.3) is 59.9 Å². The molecule has 0 saturated carbocycles. The zero-order valence-electron chi connectivity index (χ0n) is 24.0. The van der Waals surface area contributed by atoms with Crippen LogP contribution in [0, 0.1) is 26.2 Å². The lowest BCUT2D eigenvalue weighted by atomic mass is 9.97. The van der Waals surface area contributed by atoms with Crippen LogP contribution < -0.4 is 4.57 Å². The molecule has 4 aromatic carbocycles. The van der Waals surface area contributed by atoms with E-state index in [2.05, 4.69) is 10.9 Å². The molecule has 2 heterocycles. The molecule has 0 atom stereocenters. The summed E-state index contributed by atoms with van der Waals surface area (Å²) in [6.45, 7) is 6.69. The molecule has 168 valence electrons. The van der Waals surface area contributed by atoms with Gasteiger partial charge in [0.2, 0.25) is 5.69 Å². The number of hydrogen-bond acceptors (Lipinski definition) is 1. The van der Waals surface area contributed by atoms with Crippen molar-refractivity contribution in [2.75, 3.05) is 0 Å². The summed E-state index contributed by atoms with van der Waals surface area (Å²) in [4.78, 5) is 3.73. The maximum Gasteiger partial charge on any atom is 0.219 e. The van der Waals surface area contributed by atoms with Gasteiger partial charge in [0.15, 0.2) is 11.9 Å². The fourth-order valence-electron chi connectivity index (χ4n) is 4.75. The molecule has 0 N–H and O–H groups in total. The van der Waals surface area contributed by atoms with Crippen LogP contribution in [0.1, 0.15) is 18.0 Å². The van der Waals surface area contributed by atoms with Crippen molar-refractivity contribution in [3.8, 4) is 22.4 Å². The first-order valence-electron chi connectivity index (χ1n) is 13.6. The molecular weight excluding hydrogens is 435 g/mol. The molecule has 6 rings (SSSR count). The molecule has 0 aliphatic heterocycles. The summed E-state index contributed by atoms with van der Waals surface area (Å²) in [6, 6.07) is 20.6. The van der Waals surface area contributed by atoms with Crippen LogP contribution in [0.2, 0.25) is 0 Å². The van der Waals surface area contributed by atoms with Gasteiger partial charge in [0.05, 0.1) is 13.5 Å². The normalized spacial score (nSPS) is 13.8. The van der Waals surface area contributed by atoms with Gasteiger partial charge in [-0.05, 0) is 41.7 Å². The van der Waals surface area contributed by atoms with Gasteiger partial charge >= 0.3 is 0 Å². The van der Waals surface area contributed by atoms with Gasteiger partial charge in [0.25, 0.3) is 0 Å². The second-order valence-corrected chi connectivity index (χ2v) is 8.58. The number of nitrogens with zero attached hydrogens (tertiary/aromatic N) is 2. The molecule has 6 aromatic rings. The topological polar surface area (TPSA) is 21.4 Å². The summed E-state index contributed by atoms with van der Waals surface area (Å²) in [6.07, 6.45) is -0.547. The summed E-state index contributed by atoms with van der Waals surface area (Å²) < 4.78 is 63.3. The van der Waals surface area contributed by atoms with E-state index in [-0.39, 0.29) is 5.69 Å². The van der Waals surface area contributed by atoms with Crippen LogP contribution in [-0.2, 0) is 7.05 Å². The number of rotatable bonds is 2. The van der Waals surface area contributed by atoms with Gasteiger partial charge in [0, 0.05) is 32.1 Å². The summed E-state index contributed by atoms with van der Waals surface area (Å²) in [5.74, 6) is -1.26. The lowest BCUT2D eigenvalue weighted by Gasteiger charge is -2.06. The maximum atomic E-state index is 15.4. The van der Waals surface area contributed by atoms with Crippen LogP contribution in [0.4, 0.5) is 10.1 Å². The third-order valence-electron chi connectivity index (χ3n) is 6.46. The highest BCUT2D eigenvalue weighted by atomic mass is 19.1. The van der Waals surface area contributed by atoms with E-state index in [9.17, 15) is 0 Å². The lowest BCUT2D eigenvalue weighted by Crippen LogP contribution is -2.31. The van der Waals surface area contributed by atoms with Crippen molar-refractivity contribution in [3.63, 3.8) is 0 Å². The largest absolute Gasteiger partial charge is 0.456 e. The number of pyridine rings is 1. The van der Waals surface area contributed by atoms with Crippen molar-refractivity contribution in [1.82, 2.24) is 0 Å². The van der Waals surface area contributed by atoms with Crippen molar-refractivity contribution in [2.24, 2.45) is 7.05 Å². The molecule has 0 unspecified atom stereocenters. The summed E-state index contributed by atoms with van der Waals surface area (Å²) in [5.41, 5.74) is 3.09. The second kappa shape index (κ2) is 7.78. The number of benzene rings is 4. The van der Waals surface area contributed by atoms with Crippen molar-refractivity contribution < 1.29 is 20.2 Å². The smallest absolute Gasteiger partial charge is 0.219 e. The first-order valence-corrected chi connectivity index (χ1v) is 11.1. The van der Waals surface area contributed by atoms with E-state index in [0.29, 0.717) is 38.8 Å². The molecular formula is C31H22FN2O+. The fraction of sp³-hybridized carbons (Fsp3) is 0.0968. The molecule has 3 nitrogen and oxygen atoms in total. The van der Waals surface area contributed by atoms with E-state index < -0.39 is 30.4 Å². The first-order chi connectivity index (χ1) is 19.0. The molecule has 0 radical (unpaired) electrons. The average molecular weight is 463 g/mol. The highest BCUT2D eigenvalue weighted by Gasteiger charge is 2.24. The maximum absolute atomic E-state index is 15.4. The number of aromatic nitrogens is 1. The van der Waals surface area contributed by atoms with Crippen molar-refractivity contribution in [3.05, 3.63) is 107 Å². The molecule has 35 heavy (non-hydrogen) atoms. The van der Waals surface area contributed by atoms with Gasteiger partial charge in [-0.2, -0.15) is 0 Å². The number of aryl methyl sites for hydroxylation is 1. The van der Waals surface area contributed by atoms with E-state index in [0.717, 1.165) is 21.9 Å². The van der Waals surface area contributed by atoms with Crippen LogP contribution in [-0.4, -0.2) is 0 Å². The fourth-order valence-corrected chi connectivity index (χ4v) is 4.75. The Hall–Kier alpha value is -4.49. The minimum atomic E-state index is -2.90. The molecule has 0 aliphatic rings. The Morgan fingerprint density at radius 3 is 2.63 bits per heavy atom. The van der Waals surface area contributed by atoms with Gasteiger partial charge < -0.3 is 4.42 Å². The Balaban J connectivity index is 1.72. The molecule has 2 aromatic heterocycles. The number of fused-ring (bicyclic) bond motifs is 4. The molecule has 0 spiro atoms. The van der Waals surface area contributed by atoms with Gasteiger partial charge in [-0.25, -0.2) is 13.8 Å². The van der Waals surface area contributed by atoms with Crippen molar-refractivity contribution in [2.45, 2.75) is 13.8 Å². The van der Waals surface area contributed by atoms with Gasteiger partial charge in [-0.1, -0.05) is 60.7 Å². The summed E-state index contributed by atoms with van der Waals surface area (Å²) >= 11 is 0. The zero-order chi connectivity index (χ0) is 28.5. The predicted molar refractivity (Wildman–Crippen MR) is 139 cm³/mol. The summed E-state index contributed by atoms with van der Waals surface area (Å²) in [7, 11) is 1.44. The van der Waals surface area contributed by atoms with E-state index in [4.69, 9.17) is 17.8 Å². The average Bonchev–Trinajstić information content (AvgIpc) is 3.31. The molecule has 0 amide bonds. The van der Waals surface area contributed by atoms with Gasteiger partial charge in [0.1, 0.15) is 25.4 Å². The lowest BCUT2D eigenvalue weighted by molar-refractivity contribution is -0.661. The van der Waals surface area contributed by atoms with E-state index in [1.54, 1.807) is 19.1 Å².